The normalized spacial score (nSPS) is 11.7. The molecule has 0 unspecified atom stereocenters. The lowest BCUT2D eigenvalue weighted by Crippen LogP contribution is -2.30. The molecule has 0 bridgehead atoms. The summed E-state index contributed by atoms with van der Waals surface area (Å²) in [6, 6.07) is 18.2. The van der Waals surface area contributed by atoms with Crippen molar-refractivity contribution in [1.29, 1.82) is 0 Å². The number of carbonyl (C=O) groups is 2. The number of fused-ring (bicyclic) bond motifs is 1. The summed E-state index contributed by atoms with van der Waals surface area (Å²) in [6.45, 7) is 3.61. The maximum atomic E-state index is 12.5. The lowest BCUT2D eigenvalue weighted by molar-refractivity contribution is -0.122. The highest BCUT2D eigenvalue weighted by atomic mass is 35.5. The first-order valence-corrected chi connectivity index (χ1v) is 9.28. The average molecular weight is 398 g/mol. The fraction of sp³-hybridized carbons (Fsp3) is 0.182. The Morgan fingerprint density at radius 2 is 1.79 bits per heavy atom. The van der Waals surface area contributed by atoms with Gasteiger partial charge in [0.15, 0.2) is 6.10 Å². The Hall–Kier alpha value is -3.05. The van der Waals surface area contributed by atoms with Crippen molar-refractivity contribution in [3.8, 4) is 5.75 Å². The molecular formula is C22H20ClNO4. The molecule has 0 heterocycles. The van der Waals surface area contributed by atoms with Crippen molar-refractivity contribution in [3.63, 3.8) is 0 Å². The van der Waals surface area contributed by atoms with E-state index in [9.17, 15) is 9.59 Å². The van der Waals surface area contributed by atoms with Gasteiger partial charge >= 0.3 is 5.97 Å². The Morgan fingerprint density at radius 1 is 1.04 bits per heavy atom. The maximum absolute atomic E-state index is 12.5. The van der Waals surface area contributed by atoms with Crippen molar-refractivity contribution in [1.82, 2.24) is 0 Å². The van der Waals surface area contributed by atoms with Gasteiger partial charge in [-0.1, -0.05) is 41.9 Å². The topological polar surface area (TPSA) is 64.6 Å². The molecule has 0 fully saturated rings. The van der Waals surface area contributed by atoms with E-state index in [2.05, 4.69) is 5.32 Å². The lowest BCUT2D eigenvalue weighted by atomic mass is 10.1. The molecule has 6 heteroatoms. The van der Waals surface area contributed by atoms with E-state index in [1.807, 2.05) is 42.5 Å². The largest absolute Gasteiger partial charge is 0.481 e. The van der Waals surface area contributed by atoms with Crippen LogP contribution in [0.3, 0.4) is 0 Å². The Bertz CT molecular complexity index is 1020. The van der Waals surface area contributed by atoms with E-state index in [0.717, 1.165) is 10.8 Å². The summed E-state index contributed by atoms with van der Waals surface area (Å²) in [6.07, 6.45) is -0.733. The van der Waals surface area contributed by atoms with Gasteiger partial charge in [-0.25, -0.2) is 4.79 Å². The predicted molar refractivity (Wildman–Crippen MR) is 110 cm³/mol. The number of anilines is 1. The Balaban J connectivity index is 1.69. The summed E-state index contributed by atoms with van der Waals surface area (Å²) in [4.78, 5) is 24.4. The standard InChI is InChI=1S/C22H20ClNO4/c1-3-27-22(26)19-13-17(9-11-20(19)23)24-21(25)14(2)28-18-10-8-15-6-4-5-7-16(15)12-18/h4-14H,3H2,1-2H3,(H,24,25)/t14-/m1/s1. The number of benzene rings is 3. The zero-order chi connectivity index (χ0) is 20.1. The molecule has 3 aromatic carbocycles. The second kappa shape index (κ2) is 8.76. The molecular weight excluding hydrogens is 378 g/mol. The van der Waals surface area contributed by atoms with Crippen molar-refractivity contribution < 1.29 is 19.1 Å². The summed E-state index contributed by atoms with van der Waals surface area (Å²) >= 11 is 6.04. The molecule has 3 rings (SSSR count). The highest BCUT2D eigenvalue weighted by Gasteiger charge is 2.17. The smallest absolute Gasteiger partial charge is 0.339 e. The zero-order valence-electron chi connectivity index (χ0n) is 15.6. The molecule has 0 saturated carbocycles. The molecule has 0 saturated heterocycles. The van der Waals surface area contributed by atoms with Gasteiger partial charge in [-0.2, -0.15) is 0 Å². The molecule has 0 radical (unpaired) electrons. The third-order valence-electron chi connectivity index (χ3n) is 4.13. The van der Waals surface area contributed by atoms with E-state index in [1.54, 1.807) is 19.9 Å². The van der Waals surface area contributed by atoms with Gasteiger partial charge in [-0.15, -0.1) is 0 Å². The summed E-state index contributed by atoms with van der Waals surface area (Å²) in [5.41, 5.74) is 0.635. The van der Waals surface area contributed by atoms with Gasteiger partial charge < -0.3 is 14.8 Å². The van der Waals surface area contributed by atoms with Gasteiger partial charge in [0.2, 0.25) is 0 Å². The van der Waals surface area contributed by atoms with Crippen LogP contribution >= 0.6 is 11.6 Å². The number of carbonyl (C=O) groups excluding carboxylic acids is 2. The monoisotopic (exact) mass is 397 g/mol. The molecule has 0 aliphatic carbocycles. The van der Waals surface area contributed by atoms with Gasteiger partial charge in [0.1, 0.15) is 5.75 Å². The third kappa shape index (κ3) is 4.61. The highest BCUT2D eigenvalue weighted by Crippen LogP contribution is 2.23. The number of nitrogens with one attached hydrogen (secondary N) is 1. The molecule has 3 aromatic rings. The fourth-order valence-corrected chi connectivity index (χ4v) is 2.91. The van der Waals surface area contributed by atoms with E-state index in [-0.39, 0.29) is 23.1 Å². The lowest BCUT2D eigenvalue weighted by Gasteiger charge is -2.16. The molecule has 0 aromatic heterocycles. The molecule has 0 aliphatic rings. The number of halogens is 1. The maximum Gasteiger partial charge on any atom is 0.339 e. The predicted octanol–water partition coefficient (Wildman–Crippen LogP) is 5.08. The van der Waals surface area contributed by atoms with E-state index in [0.29, 0.717) is 11.4 Å². The number of rotatable bonds is 6. The van der Waals surface area contributed by atoms with Crippen LogP contribution < -0.4 is 10.1 Å². The summed E-state index contributed by atoms with van der Waals surface area (Å²) in [7, 11) is 0. The minimum absolute atomic E-state index is 0.199. The SMILES string of the molecule is CCOC(=O)c1cc(NC(=O)[C@@H](C)Oc2ccc3ccccc3c2)ccc1Cl. The number of hydrogen-bond donors (Lipinski definition) is 1. The van der Waals surface area contributed by atoms with Gasteiger partial charge in [0.25, 0.3) is 5.91 Å². The number of ether oxygens (including phenoxy) is 2. The Labute approximate surface area is 168 Å². The van der Waals surface area contributed by atoms with Gasteiger partial charge in [0.05, 0.1) is 17.2 Å². The summed E-state index contributed by atoms with van der Waals surface area (Å²) < 4.78 is 10.7. The number of hydrogen-bond acceptors (Lipinski definition) is 4. The molecule has 0 spiro atoms. The van der Waals surface area contributed by atoms with Gasteiger partial charge in [-0.05, 0) is 55.0 Å². The first-order valence-electron chi connectivity index (χ1n) is 8.91. The number of esters is 1. The van der Waals surface area contributed by atoms with Gasteiger partial charge in [-0.3, -0.25) is 4.79 Å². The van der Waals surface area contributed by atoms with Crippen molar-refractivity contribution >= 4 is 39.9 Å². The van der Waals surface area contributed by atoms with E-state index < -0.39 is 12.1 Å². The molecule has 1 amide bonds. The minimum atomic E-state index is -0.733. The van der Waals surface area contributed by atoms with Crippen LogP contribution in [0, 0.1) is 0 Å². The fourth-order valence-electron chi connectivity index (χ4n) is 2.71. The highest BCUT2D eigenvalue weighted by molar-refractivity contribution is 6.33. The minimum Gasteiger partial charge on any atom is -0.481 e. The second-order valence-corrected chi connectivity index (χ2v) is 6.58. The zero-order valence-corrected chi connectivity index (χ0v) is 16.3. The van der Waals surface area contributed by atoms with Crippen LogP contribution in [0.25, 0.3) is 10.8 Å². The Kier molecular flexibility index (Phi) is 6.16. The van der Waals surface area contributed by atoms with Crippen molar-refractivity contribution in [2.45, 2.75) is 20.0 Å². The van der Waals surface area contributed by atoms with E-state index >= 15 is 0 Å². The van der Waals surface area contributed by atoms with E-state index in [1.165, 1.54) is 12.1 Å². The number of amides is 1. The van der Waals surface area contributed by atoms with Crippen LogP contribution in [0.2, 0.25) is 5.02 Å². The molecule has 1 N–H and O–H groups in total. The van der Waals surface area contributed by atoms with Crippen LogP contribution in [0.1, 0.15) is 24.2 Å². The first-order chi connectivity index (χ1) is 13.5. The van der Waals surface area contributed by atoms with Crippen LogP contribution in [0.4, 0.5) is 5.69 Å². The molecule has 144 valence electrons. The molecule has 0 aliphatic heterocycles. The first kappa shape index (κ1) is 19.7. The average Bonchev–Trinajstić information content (AvgIpc) is 2.69. The molecule has 28 heavy (non-hydrogen) atoms. The van der Waals surface area contributed by atoms with Crippen LogP contribution in [0.5, 0.6) is 5.75 Å². The third-order valence-corrected chi connectivity index (χ3v) is 4.46. The van der Waals surface area contributed by atoms with Crippen molar-refractivity contribution in [2.75, 3.05) is 11.9 Å². The van der Waals surface area contributed by atoms with Crippen LogP contribution in [0.15, 0.2) is 60.7 Å². The van der Waals surface area contributed by atoms with Crippen molar-refractivity contribution in [2.24, 2.45) is 0 Å². The second-order valence-electron chi connectivity index (χ2n) is 6.17. The van der Waals surface area contributed by atoms with E-state index in [4.69, 9.17) is 21.1 Å². The summed E-state index contributed by atoms with van der Waals surface area (Å²) in [5.74, 6) is -0.279. The Morgan fingerprint density at radius 3 is 2.54 bits per heavy atom. The van der Waals surface area contributed by atoms with Gasteiger partial charge in [0, 0.05) is 5.69 Å². The molecule has 5 nitrogen and oxygen atoms in total. The van der Waals surface area contributed by atoms with Crippen LogP contribution in [-0.2, 0) is 9.53 Å². The summed E-state index contributed by atoms with van der Waals surface area (Å²) in [5, 5.41) is 5.12. The van der Waals surface area contributed by atoms with Crippen LogP contribution in [-0.4, -0.2) is 24.6 Å². The molecule has 1 atom stereocenters. The quantitative estimate of drug-likeness (QED) is 0.589. The van der Waals surface area contributed by atoms with Crippen molar-refractivity contribution in [3.05, 3.63) is 71.2 Å².